The molecule has 7 heteroatoms. The fraction of sp³-hybridized carbons (Fsp3) is 0.304. The van der Waals surface area contributed by atoms with Gasteiger partial charge in [0.05, 0.1) is 17.6 Å². The SMILES string of the molecule is CCn1c(=O)c(C)nc2cc(C(=O)NCC(=O)Nc3c(C)cc(C)cc3C)ccc21. The number of anilines is 1. The Morgan fingerprint density at radius 1 is 1.03 bits per heavy atom. The van der Waals surface area contributed by atoms with E-state index in [4.69, 9.17) is 0 Å². The molecule has 0 fully saturated rings. The van der Waals surface area contributed by atoms with Gasteiger partial charge in [-0.1, -0.05) is 17.7 Å². The molecular weight excluding hydrogens is 380 g/mol. The second-order valence-corrected chi connectivity index (χ2v) is 7.45. The predicted octanol–water partition coefficient (Wildman–Crippen LogP) is 3.02. The molecule has 3 rings (SSSR count). The highest BCUT2D eigenvalue weighted by molar-refractivity contribution is 6.01. The minimum Gasteiger partial charge on any atom is -0.343 e. The molecule has 0 aliphatic carbocycles. The summed E-state index contributed by atoms with van der Waals surface area (Å²) in [6.07, 6.45) is 0. The number of amides is 2. The highest BCUT2D eigenvalue weighted by Crippen LogP contribution is 2.21. The van der Waals surface area contributed by atoms with Gasteiger partial charge < -0.3 is 15.2 Å². The number of nitrogens with one attached hydrogen (secondary N) is 2. The van der Waals surface area contributed by atoms with Crippen LogP contribution in [0.3, 0.4) is 0 Å². The highest BCUT2D eigenvalue weighted by Gasteiger charge is 2.13. The molecule has 2 N–H and O–H groups in total. The zero-order valence-corrected chi connectivity index (χ0v) is 17.9. The standard InChI is InChI=1S/C23H26N4O3/c1-6-27-19-8-7-17(11-18(19)25-16(5)23(27)30)22(29)24-12-20(28)26-21-14(3)9-13(2)10-15(21)4/h7-11H,6,12H2,1-5H3,(H,24,29)(H,26,28). The molecule has 30 heavy (non-hydrogen) atoms. The first-order chi connectivity index (χ1) is 14.2. The van der Waals surface area contributed by atoms with E-state index in [1.54, 1.807) is 29.7 Å². The number of fused-ring (bicyclic) bond motifs is 1. The molecule has 0 unspecified atom stereocenters. The molecule has 1 aromatic heterocycles. The third-order valence-corrected chi connectivity index (χ3v) is 5.04. The monoisotopic (exact) mass is 406 g/mol. The molecule has 0 atom stereocenters. The summed E-state index contributed by atoms with van der Waals surface area (Å²) in [5, 5.41) is 5.51. The van der Waals surface area contributed by atoms with Crippen LogP contribution >= 0.6 is 0 Å². The lowest BCUT2D eigenvalue weighted by Crippen LogP contribution is -2.33. The summed E-state index contributed by atoms with van der Waals surface area (Å²) in [5.74, 6) is -0.675. The lowest BCUT2D eigenvalue weighted by molar-refractivity contribution is -0.115. The van der Waals surface area contributed by atoms with Crippen molar-refractivity contribution in [1.82, 2.24) is 14.9 Å². The summed E-state index contributed by atoms with van der Waals surface area (Å²) >= 11 is 0. The van der Waals surface area contributed by atoms with Gasteiger partial charge in [0, 0.05) is 17.8 Å². The van der Waals surface area contributed by atoms with E-state index in [1.807, 2.05) is 39.8 Å². The van der Waals surface area contributed by atoms with Crippen molar-refractivity contribution < 1.29 is 9.59 Å². The van der Waals surface area contributed by atoms with E-state index in [0.29, 0.717) is 28.8 Å². The van der Waals surface area contributed by atoms with E-state index in [1.165, 1.54) is 0 Å². The van der Waals surface area contributed by atoms with Crippen LogP contribution in [-0.2, 0) is 11.3 Å². The van der Waals surface area contributed by atoms with Crippen molar-refractivity contribution in [2.45, 2.75) is 41.2 Å². The molecule has 0 aliphatic rings. The maximum absolute atomic E-state index is 12.5. The first-order valence-corrected chi connectivity index (χ1v) is 9.88. The zero-order chi connectivity index (χ0) is 22.0. The van der Waals surface area contributed by atoms with Crippen LogP contribution in [-0.4, -0.2) is 27.9 Å². The lowest BCUT2D eigenvalue weighted by atomic mass is 10.1. The molecule has 7 nitrogen and oxygen atoms in total. The number of rotatable bonds is 5. The van der Waals surface area contributed by atoms with Gasteiger partial charge in [0.25, 0.3) is 11.5 Å². The van der Waals surface area contributed by atoms with Gasteiger partial charge in [-0.3, -0.25) is 14.4 Å². The van der Waals surface area contributed by atoms with E-state index in [9.17, 15) is 14.4 Å². The molecule has 2 aromatic carbocycles. The lowest BCUT2D eigenvalue weighted by Gasteiger charge is -2.13. The summed E-state index contributed by atoms with van der Waals surface area (Å²) in [6.45, 7) is 9.79. The Balaban J connectivity index is 1.73. The van der Waals surface area contributed by atoms with Crippen LogP contribution in [0.4, 0.5) is 5.69 Å². The molecular formula is C23H26N4O3. The zero-order valence-electron chi connectivity index (χ0n) is 17.9. The van der Waals surface area contributed by atoms with Crippen molar-refractivity contribution >= 4 is 28.5 Å². The van der Waals surface area contributed by atoms with Gasteiger partial charge in [0.1, 0.15) is 5.69 Å². The number of nitrogens with zero attached hydrogens (tertiary/aromatic N) is 2. The summed E-state index contributed by atoms with van der Waals surface area (Å²) in [6, 6.07) is 8.98. The van der Waals surface area contributed by atoms with Crippen molar-refractivity contribution in [3.8, 4) is 0 Å². The molecule has 2 amide bonds. The molecule has 0 radical (unpaired) electrons. The average Bonchev–Trinajstić information content (AvgIpc) is 2.69. The maximum Gasteiger partial charge on any atom is 0.272 e. The molecule has 1 heterocycles. The van der Waals surface area contributed by atoms with Crippen LogP contribution in [0, 0.1) is 27.7 Å². The highest BCUT2D eigenvalue weighted by atomic mass is 16.2. The number of aryl methyl sites for hydroxylation is 5. The van der Waals surface area contributed by atoms with Gasteiger partial charge in [-0.2, -0.15) is 0 Å². The normalized spacial score (nSPS) is 10.8. The van der Waals surface area contributed by atoms with Crippen molar-refractivity contribution in [3.05, 3.63) is 68.6 Å². The quantitative estimate of drug-likeness (QED) is 0.681. The number of hydrogen-bond acceptors (Lipinski definition) is 4. The Bertz CT molecular complexity index is 1190. The van der Waals surface area contributed by atoms with Gasteiger partial charge in [-0.15, -0.1) is 0 Å². The summed E-state index contributed by atoms with van der Waals surface area (Å²) in [4.78, 5) is 41.4. The minimum atomic E-state index is -0.377. The van der Waals surface area contributed by atoms with Gasteiger partial charge in [0.2, 0.25) is 5.91 Å². The fourth-order valence-corrected chi connectivity index (χ4v) is 3.65. The van der Waals surface area contributed by atoms with Crippen LogP contribution in [0.5, 0.6) is 0 Å². The molecule has 0 saturated carbocycles. The van der Waals surface area contributed by atoms with Gasteiger partial charge in [0.15, 0.2) is 0 Å². The molecule has 0 bridgehead atoms. The van der Waals surface area contributed by atoms with E-state index in [0.717, 1.165) is 22.4 Å². The Morgan fingerprint density at radius 2 is 1.70 bits per heavy atom. The maximum atomic E-state index is 12.5. The third kappa shape index (κ3) is 4.25. The molecule has 3 aromatic rings. The van der Waals surface area contributed by atoms with Crippen LogP contribution in [0.1, 0.15) is 39.7 Å². The van der Waals surface area contributed by atoms with E-state index in [2.05, 4.69) is 15.6 Å². The number of carbonyl (C=O) groups is 2. The van der Waals surface area contributed by atoms with Crippen LogP contribution in [0.15, 0.2) is 35.1 Å². The van der Waals surface area contributed by atoms with E-state index in [-0.39, 0.29) is 23.9 Å². The fourth-order valence-electron chi connectivity index (χ4n) is 3.65. The Morgan fingerprint density at radius 3 is 2.33 bits per heavy atom. The second kappa shape index (κ2) is 8.49. The third-order valence-electron chi connectivity index (χ3n) is 5.04. The predicted molar refractivity (Wildman–Crippen MR) is 118 cm³/mol. The molecule has 0 saturated heterocycles. The number of carbonyl (C=O) groups excluding carboxylic acids is 2. The van der Waals surface area contributed by atoms with Gasteiger partial charge in [-0.05, 0) is 63.9 Å². The molecule has 156 valence electrons. The molecule has 0 aliphatic heterocycles. The number of benzene rings is 2. The Labute approximate surface area is 175 Å². The summed E-state index contributed by atoms with van der Waals surface area (Å²) in [7, 11) is 0. The van der Waals surface area contributed by atoms with Crippen LogP contribution in [0.2, 0.25) is 0 Å². The Kier molecular flexibility index (Phi) is 6.01. The van der Waals surface area contributed by atoms with E-state index < -0.39 is 0 Å². The second-order valence-electron chi connectivity index (χ2n) is 7.45. The number of aromatic nitrogens is 2. The van der Waals surface area contributed by atoms with Gasteiger partial charge >= 0.3 is 0 Å². The van der Waals surface area contributed by atoms with Crippen molar-refractivity contribution in [2.75, 3.05) is 11.9 Å². The van der Waals surface area contributed by atoms with Crippen molar-refractivity contribution in [3.63, 3.8) is 0 Å². The first-order valence-electron chi connectivity index (χ1n) is 9.88. The van der Waals surface area contributed by atoms with Crippen LogP contribution < -0.4 is 16.2 Å². The average molecular weight is 406 g/mol. The summed E-state index contributed by atoms with van der Waals surface area (Å²) < 4.78 is 1.62. The number of hydrogen-bond donors (Lipinski definition) is 2. The van der Waals surface area contributed by atoms with Crippen molar-refractivity contribution in [1.29, 1.82) is 0 Å². The van der Waals surface area contributed by atoms with E-state index >= 15 is 0 Å². The van der Waals surface area contributed by atoms with Crippen molar-refractivity contribution in [2.24, 2.45) is 0 Å². The Hall–Kier alpha value is -3.48. The smallest absolute Gasteiger partial charge is 0.272 e. The minimum absolute atomic E-state index is 0.138. The molecule has 0 spiro atoms. The largest absolute Gasteiger partial charge is 0.343 e. The van der Waals surface area contributed by atoms with Crippen LogP contribution in [0.25, 0.3) is 11.0 Å². The first kappa shape index (κ1) is 21.2. The topological polar surface area (TPSA) is 93.1 Å². The summed E-state index contributed by atoms with van der Waals surface area (Å²) in [5.41, 5.74) is 5.71. The van der Waals surface area contributed by atoms with Gasteiger partial charge in [-0.25, -0.2) is 4.98 Å².